The fraction of sp³-hybridized carbons (Fsp3) is 0.600. The van der Waals surface area contributed by atoms with E-state index in [0.29, 0.717) is 18.6 Å². The van der Waals surface area contributed by atoms with Crippen LogP contribution in [0, 0.1) is 12.8 Å². The third-order valence-corrected chi connectivity index (χ3v) is 4.81. The third kappa shape index (κ3) is 3.81. The summed E-state index contributed by atoms with van der Waals surface area (Å²) in [4.78, 5) is 0. The predicted molar refractivity (Wildman–Crippen MR) is 78.6 cm³/mol. The van der Waals surface area contributed by atoms with Crippen molar-refractivity contribution in [3.63, 3.8) is 0 Å². The lowest BCUT2D eigenvalue weighted by Crippen LogP contribution is -2.33. The van der Waals surface area contributed by atoms with Crippen LogP contribution in [0.3, 0.4) is 0 Å². The molecule has 0 unspecified atom stereocenters. The van der Waals surface area contributed by atoms with Gasteiger partial charge in [0.15, 0.2) is 0 Å². The summed E-state index contributed by atoms with van der Waals surface area (Å²) in [5, 5.41) is 12.7. The zero-order valence-corrected chi connectivity index (χ0v) is 12.5. The van der Waals surface area contributed by atoms with Crippen LogP contribution < -0.4 is 5.32 Å². The van der Waals surface area contributed by atoms with Crippen molar-refractivity contribution in [2.75, 3.05) is 6.61 Å². The predicted octanol–water partition coefficient (Wildman–Crippen LogP) is 3.40. The summed E-state index contributed by atoms with van der Waals surface area (Å²) in [6.07, 6.45) is 4.71. The summed E-state index contributed by atoms with van der Waals surface area (Å²) in [5.41, 5.74) is 2.64. The fourth-order valence-corrected chi connectivity index (χ4v) is 2.87. The number of hydrogen-bond donors (Lipinski definition) is 2. The van der Waals surface area contributed by atoms with E-state index in [9.17, 15) is 0 Å². The molecule has 0 aromatic heterocycles. The molecular weight excluding hydrogens is 290 g/mol. The molecule has 0 radical (unpaired) electrons. The SMILES string of the molecule is Cc1cc(CNC2CCC(CO)CC2)ccc1Br. The molecule has 0 amide bonds. The zero-order valence-electron chi connectivity index (χ0n) is 11.0. The Morgan fingerprint density at radius 3 is 2.61 bits per heavy atom. The lowest BCUT2D eigenvalue weighted by Gasteiger charge is -2.28. The minimum Gasteiger partial charge on any atom is -0.396 e. The van der Waals surface area contributed by atoms with E-state index in [2.05, 4.69) is 46.4 Å². The second-order valence-electron chi connectivity index (χ2n) is 5.36. The van der Waals surface area contributed by atoms with E-state index in [4.69, 9.17) is 5.11 Å². The van der Waals surface area contributed by atoms with Gasteiger partial charge in [0.25, 0.3) is 0 Å². The van der Waals surface area contributed by atoms with Gasteiger partial charge in [-0.05, 0) is 55.7 Å². The fourth-order valence-electron chi connectivity index (χ4n) is 2.63. The highest BCUT2D eigenvalue weighted by atomic mass is 79.9. The van der Waals surface area contributed by atoms with Crippen molar-refractivity contribution in [2.45, 2.75) is 45.2 Å². The Hall–Kier alpha value is -0.380. The van der Waals surface area contributed by atoms with Gasteiger partial charge in [-0.25, -0.2) is 0 Å². The van der Waals surface area contributed by atoms with E-state index < -0.39 is 0 Å². The molecule has 0 saturated heterocycles. The zero-order chi connectivity index (χ0) is 13.0. The normalized spacial score (nSPS) is 24.2. The molecule has 0 atom stereocenters. The lowest BCUT2D eigenvalue weighted by atomic mass is 9.86. The summed E-state index contributed by atoms with van der Waals surface area (Å²) < 4.78 is 1.18. The maximum absolute atomic E-state index is 9.12. The van der Waals surface area contributed by atoms with Gasteiger partial charge < -0.3 is 10.4 Å². The first-order chi connectivity index (χ1) is 8.69. The van der Waals surface area contributed by atoms with Crippen LogP contribution in [-0.4, -0.2) is 17.8 Å². The minimum absolute atomic E-state index is 0.360. The second-order valence-corrected chi connectivity index (χ2v) is 6.22. The molecule has 1 aliphatic carbocycles. The lowest BCUT2D eigenvalue weighted by molar-refractivity contribution is 0.175. The number of benzene rings is 1. The largest absolute Gasteiger partial charge is 0.396 e. The average molecular weight is 312 g/mol. The molecule has 2 nitrogen and oxygen atoms in total. The molecule has 1 aromatic carbocycles. The maximum atomic E-state index is 9.12. The first-order valence-corrected chi connectivity index (χ1v) is 7.57. The molecule has 18 heavy (non-hydrogen) atoms. The summed E-state index contributed by atoms with van der Waals surface area (Å²) in [6.45, 7) is 3.43. The Kier molecular flexibility index (Phi) is 5.22. The van der Waals surface area contributed by atoms with Crippen LogP contribution in [0.1, 0.15) is 36.8 Å². The van der Waals surface area contributed by atoms with Gasteiger partial charge >= 0.3 is 0 Å². The van der Waals surface area contributed by atoms with Gasteiger partial charge in [-0.2, -0.15) is 0 Å². The Morgan fingerprint density at radius 1 is 1.28 bits per heavy atom. The highest BCUT2D eigenvalue weighted by molar-refractivity contribution is 9.10. The van der Waals surface area contributed by atoms with Gasteiger partial charge in [-0.15, -0.1) is 0 Å². The van der Waals surface area contributed by atoms with Crippen molar-refractivity contribution < 1.29 is 5.11 Å². The maximum Gasteiger partial charge on any atom is 0.0459 e. The molecule has 3 heteroatoms. The number of aryl methyl sites for hydroxylation is 1. The molecular formula is C15H22BrNO. The van der Waals surface area contributed by atoms with Gasteiger partial charge in [0.05, 0.1) is 0 Å². The summed E-state index contributed by atoms with van der Waals surface area (Å²) >= 11 is 3.53. The standard InChI is InChI=1S/C15H22BrNO/c1-11-8-13(4-7-15(11)16)9-17-14-5-2-12(10-18)3-6-14/h4,7-8,12,14,17-18H,2-3,5-6,9-10H2,1H3. The minimum atomic E-state index is 0.360. The van der Waals surface area contributed by atoms with Crippen LogP contribution in [-0.2, 0) is 6.54 Å². The van der Waals surface area contributed by atoms with Crippen molar-refractivity contribution in [1.29, 1.82) is 0 Å². The number of aliphatic hydroxyl groups excluding tert-OH is 1. The van der Waals surface area contributed by atoms with Gasteiger partial charge in [0, 0.05) is 23.7 Å². The average Bonchev–Trinajstić information content (AvgIpc) is 2.41. The van der Waals surface area contributed by atoms with Crippen molar-refractivity contribution in [1.82, 2.24) is 5.32 Å². The number of aliphatic hydroxyl groups is 1. The molecule has 0 aliphatic heterocycles. The highest BCUT2D eigenvalue weighted by Gasteiger charge is 2.19. The molecule has 0 spiro atoms. The smallest absolute Gasteiger partial charge is 0.0459 e. The van der Waals surface area contributed by atoms with E-state index in [1.165, 1.54) is 28.4 Å². The van der Waals surface area contributed by atoms with Crippen LogP contribution in [0.5, 0.6) is 0 Å². The Labute approximate surface area is 118 Å². The van der Waals surface area contributed by atoms with Gasteiger partial charge in [0.1, 0.15) is 0 Å². The van der Waals surface area contributed by atoms with Gasteiger partial charge in [0.2, 0.25) is 0 Å². The molecule has 1 saturated carbocycles. The van der Waals surface area contributed by atoms with Crippen molar-refractivity contribution in [3.8, 4) is 0 Å². The summed E-state index contributed by atoms with van der Waals surface area (Å²) in [5.74, 6) is 0.540. The molecule has 0 heterocycles. The second kappa shape index (κ2) is 6.69. The van der Waals surface area contributed by atoms with E-state index >= 15 is 0 Å². The van der Waals surface area contributed by atoms with Gasteiger partial charge in [-0.1, -0.05) is 28.1 Å². The van der Waals surface area contributed by atoms with Crippen LogP contribution in [0.15, 0.2) is 22.7 Å². The van der Waals surface area contributed by atoms with E-state index in [-0.39, 0.29) is 0 Å². The van der Waals surface area contributed by atoms with Crippen molar-refractivity contribution in [3.05, 3.63) is 33.8 Å². The first-order valence-electron chi connectivity index (χ1n) is 6.78. The van der Waals surface area contributed by atoms with Crippen molar-refractivity contribution in [2.24, 2.45) is 5.92 Å². The van der Waals surface area contributed by atoms with E-state index in [1.54, 1.807) is 0 Å². The highest BCUT2D eigenvalue weighted by Crippen LogP contribution is 2.24. The summed E-state index contributed by atoms with van der Waals surface area (Å²) in [6, 6.07) is 7.14. The molecule has 2 N–H and O–H groups in total. The summed E-state index contributed by atoms with van der Waals surface area (Å²) in [7, 11) is 0. The van der Waals surface area contributed by atoms with Crippen LogP contribution in [0.25, 0.3) is 0 Å². The third-order valence-electron chi connectivity index (χ3n) is 3.92. The molecule has 0 bridgehead atoms. The Bertz CT molecular complexity index is 386. The van der Waals surface area contributed by atoms with E-state index in [1.807, 2.05) is 0 Å². The van der Waals surface area contributed by atoms with Crippen LogP contribution in [0.2, 0.25) is 0 Å². The monoisotopic (exact) mass is 311 g/mol. The Morgan fingerprint density at radius 2 is 2.00 bits per heavy atom. The first kappa shape index (κ1) is 14.0. The topological polar surface area (TPSA) is 32.3 Å². The van der Waals surface area contributed by atoms with E-state index in [0.717, 1.165) is 19.4 Å². The quantitative estimate of drug-likeness (QED) is 0.893. The number of hydrogen-bond acceptors (Lipinski definition) is 2. The number of rotatable bonds is 4. The van der Waals surface area contributed by atoms with Crippen molar-refractivity contribution >= 4 is 15.9 Å². The molecule has 100 valence electrons. The molecule has 2 rings (SSSR count). The number of nitrogens with one attached hydrogen (secondary N) is 1. The van der Waals surface area contributed by atoms with Crippen LogP contribution >= 0.6 is 15.9 Å². The Balaban J connectivity index is 1.79. The number of halogens is 1. The molecule has 1 fully saturated rings. The van der Waals surface area contributed by atoms with Gasteiger partial charge in [-0.3, -0.25) is 0 Å². The molecule has 1 aromatic rings. The van der Waals surface area contributed by atoms with Crippen LogP contribution in [0.4, 0.5) is 0 Å². The molecule has 1 aliphatic rings.